The minimum atomic E-state index is -1.17. The zero-order chi connectivity index (χ0) is 37.7. The Hall–Kier alpha value is -5.25. The molecule has 0 aliphatic carbocycles. The number of nitrogens with one attached hydrogen (secondary N) is 3. The number of fused-ring (bicyclic) bond motifs is 3. The molecular weight excluding hydrogens is 684 g/mol. The summed E-state index contributed by atoms with van der Waals surface area (Å²) < 4.78 is 96.9. The Morgan fingerprint density at radius 1 is 0.549 bits per heavy atom. The lowest BCUT2D eigenvalue weighted by molar-refractivity contribution is 0.0940. The van der Waals surface area contributed by atoms with Crippen molar-refractivity contribution in [2.24, 2.45) is 0 Å². The average Bonchev–Trinajstić information content (AvgIpc) is 3.92. The van der Waals surface area contributed by atoms with E-state index < -0.39 is 75.9 Å². The van der Waals surface area contributed by atoms with Crippen LogP contribution in [-0.2, 0) is 0 Å². The van der Waals surface area contributed by atoms with Gasteiger partial charge in [0.25, 0.3) is 0 Å². The molecule has 0 radical (unpaired) electrons. The first-order valence-corrected chi connectivity index (χ1v) is 15.4. The quantitative estimate of drug-likeness (QED) is 0.103. The number of carbonyl (C=O) groups excluding carboxylic acids is 3. The van der Waals surface area contributed by atoms with Crippen LogP contribution in [0.15, 0.2) is 68.4 Å². The van der Waals surface area contributed by atoms with Crippen LogP contribution >= 0.6 is 0 Å². The molecule has 3 unspecified atom stereocenters. The second-order valence-corrected chi connectivity index (χ2v) is 11.3. The summed E-state index contributed by atoms with van der Waals surface area (Å²) in [7, 11) is 4.70. The molecule has 0 saturated heterocycles. The van der Waals surface area contributed by atoms with Crippen molar-refractivity contribution in [2.45, 2.75) is 38.9 Å². The summed E-state index contributed by atoms with van der Waals surface area (Å²) in [6.07, 6.45) is 3.69. The first-order valence-electron chi connectivity index (χ1n) is 15.4. The minimum Gasteiger partial charge on any atom is -0.464 e. The van der Waals surface area contributed by atoms with Crippen molar-refractivity contribution in [1.82, 2.24) is 16.0 Å². The van der Waals surface area contributed by atoms with Crippen LogP contribution in [-0.4, -0.2) is 56.6 Å². The Kier molecular flexibility index (Phi) is 12.2. The lowest BCUT2D eigenvalue weighted by Gasteiger charge is -2.10. The van der Waals surface area contributed by atoms with E-state index in [4.69, 9.17) is 13.3 Å². The zero-order valence-electron chi connectivity index (χ0n) is 28.1. The molecular formula is C36H33F6N3O6. The molecule has 15 heteroatoms. The SMILES string of the molecule is CNC(C)C(=O)c1c(F)cc2occc2c1F.CNC(C)C(=O)c1cc(F)c2occc2c1F.CNC(C)C(=O)c1cc2ccoc2c(F)c1F. The number of furan rings is 3. The van der Waals surface area contributed by atoms with Gasteiger partial charge in [-0.3, -0.25) is 14.4 Å². The number of likely N-dealkylation sites (N-methyl/N-ethyl adjacent to an activating group) is 3. The molecule has 270 valence electrons. The van der Waals surface area contributed by atoms with Gasteiger partial charge in [0.1, 0.15) is 23.0 Å². The average molecular weight is 718 g/mol. The van der Waals surface area contributed by atoms with Crippen LogP contribution in [0.1, 0.15) is 51.8 Å². The smallest absolute Gasteiger partial charge is 0.202 e. The molecule has 3 atom stereocenters. The molecule has 0 bridgehead atoms. The Morgan fingerprint density at radius 2 is 1.06 bits per heavy atom. The molecule has 0 fully saturated rings. The van der Waals surface area contributed by atoms with Gasteiger partial charge in [0.15, 0.2) is 40.2 Å². The van der Waals surface area contributed by atoms with Crippen LogP contribution in [0.25, 0.3) is 32.9 Å². The van der Waals surface area contributed by atoms with Gasteiger partial charge < -0.3 is 29.2 Å². The fraction of sp³-hybridized carbons (Fsp3) is 0.250. The van der Waals surface area contributed by atoms with Crippen molar-refractivity contribution in [1.29, 1.82) is 0 Å². The fourth-order valence-corrected chi connectivity index (χ4v) is 4.82. The summed E-state index contributed by atoms with van der Waals surface area (Å²) in [6, 6.07) is 5.54. The van der Waals surface area contributed by atoms with Crippen molar-refractivity contribution in [3.05, 3.63) is 107 Å². The van der Waals surface area contributed by atoms with E-state index in [-0.39, 0.29) is 38.6 Å². The predicted octanol–water partition coefficient (Wildman–Crippen LogP) is 7.50. The maximum atomic E-state index is 14.0. The molecule has 51 heavy (non-hydrogen) atoms. The third kappa shape index (κ3) is 7.75. The zero-order valence-corrected chi connectivity index (χ0v) is 28.1. The second kappa shape index (κ2) is 16.2. The number of ketones is 3. The van der Waals surface area contributed by atoms with E-state index in [0.717, 1.165) is 12.1 Å². The molecule has 0 aliphatic heterocycles. The van der Waals surface area contributed by atoms with Gasteiger partial charge >= 0.3 is 0 Å². The summed E-state index contributed by atoms with van der Waals surface area (Å²) in [5.41, 5.74) is -1.31. The van der Waals surface area contributed by atoms with E-state index in [1.165, 1.54) is 43.1 Å². The highest BCUT2D eigenvalue weighted by Gasteiger charge is 2.26. The van der Waals surface area contributed by atoms with Crippen molar-refractivity contribution < 1.29 is 54.0 Å². The highest BCUT2D eigenvalue weighted by Crippen LogP contribution is 2.28. The van der Waals surface area contributed by atoms with Crippen molar-refractivity contribution in [3.63, 3.8) is 0 Å². The van der Waals surface area contributed by atoms with Gasteiger partial charge in [-0.25, -0.2) is 22.0 Å². The first-order chi connectivity index (χ1) is 24.2. The largest absolute Gasteiger partial charge is 0.464 e. The number of hydrogen-bond donors (Lipinski definition) is 3. The van der Waals surface area contributed by atoms with Crippen molar-refractivity contribution in [2.75, 3.05) is 21.1 Å². The maximum Gasteiger partial charge on any atom is 0.202 e. The van der Waals surface area contributed by atoms with Crippen molar-refractivity contribution >= 4 is 50.3 Å². The van der Waals surface area contributed by atoms with E-state index in [1.807, 2.05) is 0 Å². The van der Waals surface area contributed by atoms with Gasteiger partial charge in [0.05, 0.1) is 64.4 Å². The van der Waals surface area contributed by atoms with E-state index in [0.29, 0.717) is 5.39 Å². The Labute approximate surface area is 286 Å². The summed E-state index contributed by atoms with van der Waals surface area (Å²) >= 11 is 0. The molecule has 0 saturated carbocycles. The number of rotatable bonds is 9. The topological polar surface area (TPSA) is 127 Å². The molecule has 6 aromatic rings. The van der Waals surface area contributed by atoms with Gasteiger partial charge in [-0.05, 0) is 72.2 Å². The van der Waals surface area contributed by atoms with Gasteiger partial charge in [-0.1, -0.05) is 0 Å². The standard InChI is InChI=1S/3C12H11F2NO2/c1-6(15-2)11(16)8-5-9(13)12-7(10(8)14)3-4-17-12;1-6(15-2)12(16)10-8(13)5-9-7(11(10)14)3-4-17-9;1-6(15-2)11(16)8-5-7-3-4-17-12(7)10(14)9(8)13/h3*3-6,15H,1-2H3. The van der Waals surface area contributed by atoms with E-state index in [9.17, 15) is 40.7 Å². The van der Waals surface area contributed by atoms with Gasteiger partial charge in [-0.15, -0.1) is 0 Å². The van der Waals surface area contributed by atoms with Crippen molar-refractivity contribution in [3.8, 4) is 0 Å². The molecule has 0 amide bonds. The Morgan fingerprint density at radius 3 is 1.67 bits per heavy atom. The minimum absolute atomic E-state index is 0.0170. The number of hydrogen-bond acceptors (Lipinski definition) is 9. The fourth-order valence-electron chi connectivity index (χ4n) is 4.82. The highest BCUT2D eigenvalue weighted by molar-refractivity contribution is 6.04. The van der Waals surface area contributed by atoms with Gasteiger partial charge in [-0.2, -0.15) is 4.39 Å². The first kappa shape index (κ1) is 38.6. The molecule has 3 aromatic carbocycles. The third-order valence-corrected chi connectivity index (χ3v) is 8.15. The monoisotopic (exact) mass is 717 g/mol. The van der Waals surface area contributed by atoms with Crippen LogP contribution in [0.3, 0.4) is 0 Å². The number of halogens is 6. The van der Waals surface area contributed by atoms with E-state index in [1.54, 1.807) is 41.9 Å². The normalized spacial score (nSPS) is 12.9. The van der Waals surface area contributed by atoms with E-state index >= 15 is 0 Å². The number of carbonyl (C=O) groups is 3. The lowest BCUT2D eigenvalue weighted by Crippen LogP contribution is -2.32. The van der Waals surface area contributed by atoms with E-state index in [2.05, 4.69) is 16.0 Å². The molecule has 0 spiro atoms. The Balaban J connectivity index is 0.000000172. The van der Waals surface area contributed by atoms with Gasteiger partial charge in [0, 0.05) is 11.5 Å². The summed E-state index contributed by atoms with van der Waals surface area (Å²) in [5, 5.41) is 8.50. The molecule has 6 rings (SSSR count). The van der Waals surface area contributed by atoms with Crippen LogP contribution in [0.5, 0.6) is 0 Å². The summed E-state index contributed by atoms with van der Waals surface area (Å²) in [5.74, 6) is -7.17. The number of benzene rings is 3. The van der Waals surface area contributed by atoms with Crippen LogP contribution in [0.4, 0.5) is 26.3 Å². The van der Waals surface area contributed by atoms with Crippen LogP contribution in [0, 0.1) is 34.9 Å². The summed E-state index contributed by atoms with van der Waals surface area (Å²) in [4.78, 5) is 35.4. The van der Waals surface area contributed by atoms with Crippen LogP contribution in [0.2, 0.25) is 0 Å². The molecule has 0 aliphatic rings. The lowest BCUT2D eigenvalue weighted by atomic mass is 10.0. The highest BCUT2D eigenvalue weighted by atomic mass is 19.2. The second-order valence-electron chi connectivity index (χ2n) is 11.3. The molecule has 3 aromatic heterocycles. The maximum absolute atomic E-state index is 14.0. The van der Waals surface area contributed by atoms with Gasteiger partial charge in [0.2, 0.25) is 5.82 Å². The van der Waals surface area contributed by atoms with Crippen LogP contribution < -0.4 is 16.0 Å². The molecule has 3 heterocycles. The summed E-state index contributed by atoms with van der Waals surface area (Å²) in [6.45, 7) is 4.71. The molecule has 3 N–H and O–H groups in total. The number of Topliss-reactive ketones (excluding diaryl/α,β-unsaturated/α-hetero) is 3. The predicted molar refractivity (Wildman–Crippen MR) is 177 cm³/mol. The molecule has 9 nitrogen and oxygen atoms in total. The Bertz CT molecular complexity index is 2210. The third-order valence-electron chi connectivity index (χ3n) is 8.15.